The smallest absolute Gasteiger partial charge is 0.0202 e. The van der Waals surface area contributed by atoms with Crippen molar-refractivity contribution in [2.24, 2.45) is 0 Å². The van der Waals surface area contributed by atoms with Gasteiger partial charge in [0.25, 0.3) is 0 Å². The summed E-state index contributed by atoms with van der Waals surface area (Å²) in [7, 11) is 0. The number of hydrogen-bond donors (Lipinski definition) is 0. The molecule has 0 aromatic heterocycles. The van der Waals surface area contributed by atoms with Crippen LogP contribution < -0.4 is 0 Å². The number of rotatable bonds is 6. The Morgan fingerprint density at radius 2 is 1.25 bits per heavy atom. The van der Waals surface area contributed by atoms with Crippen LogP contribution in [0.2, 0.25) is 0 Å². The van der Waals surface area contributed by atoms with Crippen molar-refractivity contribution in [3.05, 3.63) is 132 Å². The fourth-order valence-electron chi connectivity index (χ4n) is 4.65. The van der Waals surface area contributed by atoms with E-state index in [0.29, 0.717) is 0 Å². The standard InChI is InChI=1S/C21H25.C13H16.C5H5.Zr/c1-20(2,3)16-7-9-18-14(12-16)11-15-13-17(21(4,5)6)8-10-19(15)18;1-2-3-4-5-7-10-13-11-8-6-9-12-13;1-2-4-5-3-1;/h7-13H,1-6H3;2,6,8-9,11-12H,1,3-5,7H2;1-5H;/q-1;;-1;+2. The molecule has 0 aliphatic heterocycles. The second-order valence-electron chi connectivity index (χ2n) is 12.6. The molecule has 5 aromatic rings. The molecule has 0 saturated heterocycles. The molecule has 5 rings (SSSR count). The number of allylic oxidation sites excluding steroid dienone is 1. The molecule has 0 saturated carbocycles. The van der Waals surface area contributed by atoms with Gasteiger partial charge in [0.05, 0.1) is 0 Å². The third kappa shape index (κ3) is 9.49. The summed E-state index contributed by atoms with van der Waals surface area (Å²) in [4.78, 5) is 0. The van der Waals surface area contributed by atoms with Crippen molar-refractivity contribution in [3.63, 3.8) is 0 Å². The van der Waals surface area contributed by atoms with E-state index >= 15 is 0 Å². The van der Waals surface area contributed by atoms with Gasteiger partial charge in [0, 0.05) is 0 Å². The molecule has 0 nitrogen and oxygen atoms in total. The molecular weight excluding hydrogens is 560 g/mol. The van der Waals surface area contributed by atoms with E-state index in [2.05, 4.69) is 121 Å². The molecule has 0 unspecified atom stereocenters. The topological polar surface area (TPSA) is 0 Å². The van der Waals surface area contributed by atoms with Crippen molar-refractivity contribution < 1.29 is 24.2 Å². The first-order chi connectivity index (χ1) is 19.0. The van der Waals surface area contributed by atoms with Gasteiger partial charge < -0.3 is 0 Å². The van der Waals surface area contributed by atoms with Crippen LogP contribution in [0.5, 0.6) is 0 Å². The molecular formula is C39H46Zr. The largest absolute Gasteiger partial charge is 0.214 e. The zero-order chi connectivity index (χ0) is 29.2. The van der Waals surface area contributed by atoms with Crippen LogP contribution in [0.4, 0.5) is 0 Å². The van der Waals surface area contributed by atoms with Gasteiger partial charge in [0.2, 0.25) is 0 Å². The molecule has 0 bridgehead atoms. The average Bonchev–Trinajstić information content (AvgIpc) is 3.62. The van der Waals surface area contributed by atoms with Gasteiger partial charge in [-0.15, -0.1) is 39.7 Å². The number of unbranched alkanes of at least 4 members (excludes halogenated alkanes) is 2. The van der Waals surface area contributed by atoms with Crippen molar-refractivity contribution in [2.75, 3.05) is 0 Å². The minimum Gasteiger partial charge on any atom is -0.214 e. The monoisotopic (exact) mass is 604 g/mol. The third-order valence-corrected chi connectivity index (χ3v) is 8.52. The summed E-state index contributed by atoms with van der Waals surface area (Å²) < 4.78 is 1.59. The molecule has 0 aliphatic carbocycles. The molecule has 0 fully saturated rings. The minimum atomic E-state index is 0.203. The maximum atomic E-state index is 3.73. The molecule has 206 valence electrons. The van der Waals surface area contributed by atoms with Gasteiger partial charge in [0.1, 0.15) is 0 Å². The second kappa shape index (κ2) is 14.8. The second-order valence-corrected chi connectivity index (χ2v) is 14.1. The molecule has 0 atom stereocenters. The van der Waals surface area contributed by atoms with Crippen LogP contribution in [0.15, 0.2) is 116 Å². The van der Waals surface area contributed by atoms with E-state index in [1.54, 1.807) is 27.4 Å². The first kappa shape index (κ1) is 31.9. The third-order valence-electron chi connectivity index (χ3n) is 7.20. The molecule has 0 radical (unpaired) electrons. The summed E-state index contributed by atoms with van der Waals surface area (Å²) in [6.07, 6.45) is 6.97. The van der Waals surface area contributed by atoms with Gasteiger partial charge in [0.15, 0.2) is 0 Å². The van der Waals surface area contributed by atoms with E-state index in [0.717, 1.165) is 6.42 Å². The Morgan fingerprint density at radius 1 is 0.725 bits per heavy atom. The number of benzene rings is 3. The van der Waals surface area contributed by atoms with Gasteiger partial charge >= 0.3 is 102 Å². The Hall–Kier alpha value is -2.63. The maximum absolute atomic E-state index is 3.73. The van der Waals surface area contributed by atoms with Crippen molar-refractivity contribution in [2.45, 2.75) is 78.1 Å². The van der Waals surface area contributed by atoms with Gasteiger partial charge in [-0.05, 0) is 10.8 Å². The molecule has 0 amide bonds. The van der Waals surface area contributed by atoms with Crippen molar-refractivity contribution in [1.82, 2.24) is 0 Å². The summed E-state index contributed by atoms with van der Waals surface area (Å²) in [6, 6.07) is 36.9. The summed E-state index contributed by atoms with van der Waals surface area (Å²) in [5.74, 6) is 0. The SMILES string of the molecule is C=CCCCC[C](=[Zr+2])c1ccccc1.CC(C)(C)c1ccc2c(c1)[cH-]c1cc(C(C)(C)C)ccc12.c1cc[cH-]c1. The molecule has 0 aliphatic rings. The quantitative estimate of drug-likeness (QED) is 0.103. The van der Waals surface area contributed by atoms with Crippen LogP contribution in [-0.2, 0) is 35.1 Å². The molecule has 1 heteroatoms. The molecule has 5 aromatic carbocycles. The van der Waals surface area contributed by atoms with Gasteiger partial charge in [-0.25, -0.2) is 12.1 Å². The van der Waals surface area contributed by atoms with E-state index in [9.17, 15) is 0 Å². The van der Waals surface area contributed by atoms with Gasteiger partial charge in [-0.1, -0.05) is 76.9 Å². The summed E-state index contributed by atoms with van der Waals surface area (Å²) >= 11 is 1.55. The Morgan fingerprint density at radius 3 is 1.68 bits per heavy atom. The fourth-order valence-corrected chi connectivity index (χ4v) is 5.49. The maximum Gasteiger partial charge on any atom is -0.0202 e. The zero-order valence-electron chi connectivity index (χ0n) is 25.4. The van der Waals surface area contributed by atoms with Crippen LogP contribution in [-0.4, -0.2) is 3.21 Å². The van der Waals surface area contributed by atoms with Crippen LogP contribution in [0.3, 0.4) is 0 Å². The summed E-state index contributed by atoms with van der Waals surface area (Å²) in [5.41, 5.74) is 4.63. The molecule has 0 heterocycles. The minimum absolute atomic E-state index is 0.203. The Kier molecular flexibility index (Phi) is 11.8. The average molecular weight is 606 g/mol. The van der Waals surface area contributed by atoms with Crippen LogP contribution >= 0.6 is 0 Å². The van der Waals surface area contributed by atoms with E-state index in [1.807, 2.05) is 36.4 Å². The predicted molar refractivity (Wildman–Crippen MR) is 176 cm³/mol. The number of hydrogen-bond acceptors (Lipinski definition) is 0. The zero-order valence-corrected chi connectivity index (χ0v) is 27.9. The van der Waals surface area contributed by atoms with Crippen molar-refractivity contribution in [1.29, 1.82) is 0 Å². The normalized spacial score (nSPS) is 11.4. The van der Waals surface area contributed by atoms with Gasteiger partial charge in [-0.3, -0.25) is 0 Å². The van der Waals surface area contributed by atoms with E-state index < -0.39 is 0 Å². The Balaban J connectivity index is 0.000000199. The first-order valence-corrected chi connectivity index (χ1v) is 15.8. The Bertz CT molecular complexity index is 1380. The van der Waals surface area contributed by atoms with Crippen molar-refractivity contribution >= 4 is 24.8 Å². The van der Waals surface area contributed by atoms with Crippen LogP contribution in [0.1, 0.15) is 83.9 Å². The summed E-state index contributed by atoms with van der Waals surface area (Å²) in [6.45, 7) is 17.4. The van der Waals surface area contributed by atoms with Crippen LogP contribution in [0, 0.1) is 0 Å². The first-order valence-electron chi connectivity index (χ1n) is 14.6. The number of fused-ring (bicyclic) bond motifs is 3. The van der Waals surface area contributed by atoms with E-state index in [4.69, 9.17) is 0 Å². The van der Waals surface area contributed by atoms with Gasteiger partial charge in [-0.2, -0.15) is 18.2 Å². The fraction of sp³-hybridized carbons (Fsp3) is 0.308. The van der Waals surface area contributed by atoms with Crippen molar-refractivity contribution in [3.8, 4) is 0 Å². The Labute approximate surface area is 258 Å². The molecule has 40 heavy (non-hydrogen) atoms. The summed E-state index contributed by atoms with van der Waals surface area (Å²) in [5, 5.41) is 5.48. The molecule has 0 N–H and O–H groups in total. The predicted octanol–water partition coefficient (Wildman–Crippen LogP) is 11.2. The molecule has 0 spiro atoms. The van der Waals surface area contributed by atoms with Crippen LogP contribution in [0.25, 0.3) is 21.5 Å². The van der Waals surface area contributed by atoms with E-state index in [1.165, 1.54) is 57.5 Å². The van der Waals surface area contributed by atoms with E-state index in [-0.39, 0.29) is 10.8 Å².